The zero-order chi connectivity index (χ0) is 13.5. The molecule has 0 N–H and O–H groups in total. The summed E-state index contributed by atoms with van der Waals surface area (Å²) < 4.78 is 26.0. The summed E-state index contributed by atoms with van der Waals surface area (Å²) >= 11 is 0. The molecule has 2 fully saturated rings. The number of rotatable bonds is 3. The number of sulfonamides is 1. The molecule has 1 saturated heterocycles. The summed E-state index contributed by atoms with van der Waals surface area (Å²) in [6, 6.07) is 8.65. The van der Waals surface area contributed by atoms with Crippen LogP contribution in [0.2, 0.25) is 0 Å². The first-order valence-electron chi connectivity index (χ1n) is 7.13. The third-order valence-electron chi connectivity index (χ3n) is 4.31. The van der Waals surface area contributed by atoms with Crippen molar-refractivity contribution >= 4 is 10.0 Å². The van der Waals surface area contributed by atoms with Gasteiger partial charge in [-0.15, -0.1) is 0 Å². The van der Waals surface area contributed by atoms with Gasteiger partial charge in [-0.25, -0.2) is 12.7 Å². The highest BCUT2D eigenvalue weighted by Crippen LogP contribution is 2.35. The normalized spacial score (nSPS) is 22.6. The molecule has 3 nitrogen and oxygen atoms in total. The molecule has 3 rings (SSSR count). The van der Waals surface area contributed by atoms with Gasteiger partial charge in [-0.1, -0.05) is 29.8 Å². The van der Waals surface area contributed by atoms with Crippen molar-refractivity contribution < 1.29 is 8.42 Å². The molecule has 4 heteroatoms. The standard InChI is InChI=1S/C15H21NO2S/c1-12-2-4-13(5-3-12)14-8-10-16(11-9-14)19(17,18)15-6-7-15/h2-5,14-15H,6-11H2,1H3. The minimum absolute atomic E-state index is 0.0663. The van der Waals surface area contributed by atoms with Crippen molar-refractivity contribution in [1.29, 1.82) is 0 Å². The van der Waals surface area contributed by atoms with Gasteiger partial charge in [0.05, 0.1) is 5.25 Å². The third kappa shape index (κ3) is 2.70. The van der Waals surface area contributed by atoms with Gasteiger partial charge in [0, 0.05) is 13.1 Å². The van der Waals surface area contributed by atoms with Crippen LogP contribution in [-0.2, 0) is 10.0 Å². The summed E-state index contributed by atoms with van der Waals surface area (Å²) in [6.45, 7) is 3.48. The van der Waals surface area contributed by atoms with Crippen molar-refractivity contribution in [2.45, 2.75) is 43.8 Å². The Hall–Kier alpha value is -0.870. The first-order valence-corrected chi connectivity index (χ1v) is 8.63. The zero-order valence-corrected chi connectivity index (χ0v) is 12.2. The van der Waals surface area contributed by atoms with Gasteiger partial charge < -0.3 is 0 Å². The van der Waals surface area contributed by atoms with Crippen LogP contribution in [0.25, 0.3) is 0 Å². The fraction of sp³-hybridized carbons (Fsp3) is 0.600. The van der Waals surface area contributed by atoms with Crippen molar-refractivity contribution in [1.82, 2.24) is 4.31 Å². The largest absolute Gasteiger partial charge is 0.216 e. The lowest BCUT2D eigenvalue weighted by Crippen LogP contribution is -2.39. The van der Waals surface area contributed by atoms with Gasteiger partial charge in [-0.3, -0.25) is 0 Å². The van der Waals surface area contributed by atoms with Crippen molar-refractivity contribution in [2.75, 3.05) is 13.1 Å². The Morgan fingerprint density at radius 3 is 2.11 bits per heavy atom. The summed E-state index contributed by atoms with van der Waals surface area (Å²) in [4.78, 5) is 0. The molecular weight excluding hydrogens is 258 g/mol. The number of nitrogens with zero attached hydrogens (tertiary/aromatic N) is 1. The molecule has 1 heterocycles. The average Bonchev–Trinajstić information content (AvgIpc) is 3.24. The van der Waals surface area contributed by atoms with Crippen molar-refractivity contribution in [3.8, 4) is 0 Å². The molecule has 0 atom stereocenters. The summed E-state index contributed by atoms with van der Waals surface area (Å²) in [5, 5.41) is -0.0663. The van der Waals surface area contributed by atoms with Gasteiger partial charge >= 0.3 is 0 Å². The van der Waals surface area contributed by atoms with Crippen LogP contribution in [0, 0.1) is 6.92 Å². The molecule has 104 valence electrons. The monoisotopic (exact) mass is 279 g/mol. The Labute approximate surface area is 115 Å². The molecule has 1 aromatic carbocycles. The van der Waals surface area contributed by atoms with Gasteiger partial charge in [-0.05, 0) is 44.1 Å². The quantitative estimate of drug-likeness (QED) is 0.853. The Balaban J connectivity index is 1.64. The summed E-state index contributed by atoms with van der Waals surface area (Å²) in [7, 11) is -2.97. The van der Waals surface area contributed by atoms with Crippen LogP contribution in [0.5, 0.6) is 0 Å². The second-order valence-electron chi connectivity index (χ2n) is 5.83. The van der Waals surface area contributed by atoms with E-state index in [1.54, 1.807) is 4.31 Å². The fourth-order valence-electron chi connectivity index (χ4n) is 2.86. The lowest BCUT2D eigenvalue weighted by molar-refractivity contribution is 0.319. The Kier molecular flexibility index (Phi) is 3.39. The van der Waals surface area contributed by atoms with Gasteiger partial charge in [-0.2, -0.15) is 0 Å². The van der Waals surface area contributed by atoms with E-state index < -0.39 is 10.0 Å². The molecule has 1 aromatic rings. The molecule has 2 aliphatic rings. The topological polar surface area (TPSA) is 37.4 Å². The summed E-state index contributed by atoms with van der Waals surface area (Å²) in [5.74, 6) is 0.520. The number of hydrogen-bond donors (Lipinski definition) is 0. The highest BCUT2D eigenvalue weighted by atomic mass is 32.2. The van der Waals surface area contributed by atoms with E-state index in [9.17, 15) is 8.42 Å². The van der Waals surface area contributed by atoms with Crippen LogP contribution in [0.15, 0.2) is 24.3 Å². The van der Waals surface area contributed by atoms with Crippen molar-refractivity contribution in [2.24, 2.45) is 0 Å². The summed E-state index contributed by atoms with van der Waals surface area (Å²) in [5.41, 5.74) is 2.63. The fourth-order valence-corrected chi connectivity index (χ4v) is 4.73. The molecule has 19 heavy (non-hydrogen) atoms. The first-order chi connectivity index (χ1) is 9.07. The predicted octanol–water partition coefficient (Wildman–Crippen LogP) is 2.67. The van der Waals surface area contributed by atoms with Crippen LogP contribution in [-0.4, -0.2) is 31.1 Å². The van der Waals surface area contributed by atoms with E-state index in [2.05, 4.69) is 31.2 Å². The lowest BCUT2D eigenvalue weighted by Gasteiger charge is -2.31. The van der Waals surface area contributed by atoms with Gasteiger partial charge in [0.25, 0.3) is 0 Å². The molecule has 0 amide bonds. The smallest absolute Gasteiger partial charge is 0.212 e. The van der Waals surface area contributed by atoms with E-state index in [1.165, 1.54) is 11.1 Å². The molecule has 1 aliphatic heterocycles. The Morgan fingerprint density at radius 1 is 1.00 bits per heavy atom. The van der Waals surface area contributed by atoms with E-state index >= 15 is 0 Å². The van der Waals surface area contributed by atoms with Crippen molar-refractivity contribution in [3.05, 3.63) is 35.4 Å². The molecule has 0 radical (unpaired) electrons. The summed E-state index contributed by atoms with van der Waals surface area (Å²) in [6.07, 6.45) is 3.63. The predicted molar refractivity (Wildman–Crippen MR) is 76.7 cm³/mol. The van der Waals surface area contributed by atoms with Crippen LogP contribution >= 0.6 is 0 Å². The van der Waals surface area contributed by atoms with Crippen LogP contribution in [0.4, 0.5) is 0 Å². The average molecular weight is 279 g/mol. The number of piperidine rings is 1. The lowest BCUT2D eigenvalue weighted by atomic mass is 9.90. The minimum Gasteiger partial charge on any atom is -0.212 e. The second kappa shape index (κ2) is 4.91. The van der Waals surface area contributed by atoms with E-state index in [0.717, 1.165) is 25.7 Å². The van der Waals surface area contributed by atoms with Gasteiger partial charge in [0.1, 0.15) is 0 Å². The first kappa shape index (κ1) is 13.1. The number of aryl methyl sites for hydroxylation is 1. The Morgan fingerprint density at radius 2 is 1.58 bits per heavy atom. The zero-order valence-electron chi connectivity index (χ0n) is 11.4. The van der Waals surface area contributed by atoms with Crippen molar-refractivity contribution in [3.63, 3.8) is 0 Å². The van der Waals surface area contributed by atoms with E-state index in [1.807, 2.05) is 0 Å². The molecule has 0 unspecified atom stereocenters. The maximum atomic E-state index is 12.2. The highest BCUT2D eigenvalue weighted by molar-refractivity contribution is 7.90. The van der Waals surface area contributed by atoms with Crippen LogP contribution < -0.4 is 0 Å². The minimum atomic E-state index is -2.97. The molecule has 0 bridgehead atoms. The second-order valence-corrected chi connectivity index (χ2v) is 8.04. The van der Waals surface area contributed by atoms with Gasteiger partial charge in [0.15, 0.2) is 0 Å². The van der Waals surface area contributed by atoms with E-state index in [4.69, 9.17) is 0 Å². The van der Waals surface area contributed by atoms with E-state index in [-0.39, 0.29) is 5.25 Å². The molecule has 0 aromatic heterocycles. The molecule has 1 saturated carbocycles. The number of hydrogen-bond acceptors (Lipinski definition) is 2. The Bertz CT molecular complexity index is 538. The third-order valence-corrected chi connectivity index (χ3v) is 6.71. The highest BCUT2D eigenvalue weighted by Gasteiger charge is 2.41. The molecule has 0 spiro atoms. The molecular formula is C15H21NO2S. The molecule has 1 aliphatic carbocycles. The number of benzene rings is 1. The van der Waals surface area contributed by atoms with Gasteiger partial charge in [0.2, 0.25) is 10.0 Å². The SMILES string of the molecule is Cc1ccc(C2CCN(S(=O)(=O)C3CC3)CC2)cc1. The van der Waals surface area contributed by atoms with Crippen LogP contribution in [0.3, 0.4) is 0 Å². The maximum Gasteiger partial charge on any atom is 0.216 e. The van der Waals surface area contributed by atoms with Crippen LogP contribution in [0.1, 0.15) is 42.7 Å². The maximum absolute atomic E-state index is 12.2. The van der Waals surface area contributed by atoms with E-state index in [0.29, 0.717) is 19.0 Å².